The molecule has 8 heteroatoms. The monoisotopic (exact) mass is 308 g/mol. The number of nitrogens with zero attached hydrogens (tertiary/aromatic N) is 1. The van der Waals surface area contributed by atoms with E-state index in [1.165, 1.54) is 0 Å². The van der Waals surface area contributed by atoms with Gasteiger partial charge in [0.05, 0.1) is 11.8 Å². The fraction of sp³-hybridized carbons (Fsp3) is 0.692. The Morgan fingerprint density at radius 1 is 1.48 bits per heavy atom. The molecule has 2 amide bonds. The summed E-state index contributed by atoms with van der Waals surface area (Å²) in [6.45, 7) is 4.31. The lowest BCUT2D eigenvalue weighted by atomic mass is 9.96. The number of aliphatic carboxylic acids is 1. The summed E-state index contributed by atoms with van der Waals surface area (Å²) in [5.74, 6) is -5.18. The van der Waals surface area contributed by atoms with Crippen molar-refractivity contribution in [3.05, 3.63) is 12.7 Å². The first-order valence-electron chi connectivity index (χ1n) is 6.66. The van der Waals surface area contributed by atoms with E-state index in [0.29, 0.717) is 12.8 Å². The van der Waals surface area contributed by atoms with Crippen LogP contribution in [0.15, 0.2) is 12.7 Å². The van der Waals surface area contributed by atoms with E-state index in [2.05, 4.69) is 11.9 Å². The van der Waals surface area contributed by atoms with Gasteiger partial charge in [0.1, 0.15) is 0 Å². The quantitative estimate of drug-likeness (QED) is 0.765. The highest BCUT2D eigenvalue weighted by atomic mass is 19.4. The third kappa shape index (κ3) is 4.37. The van der Waals surface area contributed by atoms with Crippen LogP contribution >= 0.6 is 0 Å². The van der Waals surface area contributed by atoms with Crippen molar-refractivity contribution in [2.75, 3.05) is 13.1 Å². The second-order valence-corrected chi connectivity index (χ2v) is 5.08. The molecule has 0 radical (unpaired) electrons. The molecule has 1 aliphatic rings. The lowest BCUT2D eigenvalue weighted by Crippen LogP contribution is -2.44. The summed E-state index contributed by atoms with van der Waals surface area (Å²) in [7, 11) is 0. The average molecular weight is 308 g/mol. The van der Waals surface area contributed by atoms with Crippen LogP contribution in [0.2, 0.25) is 0 Å². The second-order valence-electron chi connectivity index (χ2n) is 5.08. The lowest BCUT2D eigenvalue weighted by molar-refractivity contribution is -0.187. The van der Waals surface area contributed by atoms with Gasteiger partial charge in [-0.15, -0.1) is 6.58 Å². The number of alkyl halides is 3. The van der Waals surface area contributed by atoms with Crippen LogP contribution in [0.5, 0.6) is 0 Å². The van der Waals surface area contributed by atoms with Crippen LogP contribution < -0.4 is 5.32 Å². The molecule has 0 aromatic rings. The first-order chi connectivity index (χ1) is 9.70. The average Bonchev–Trinajstić information content (AvgIpc) is 2.83. The first kappa shape index (κ1) is 17.3. The molecular formula is C13H19F3N2O3. The summed E-state index contributed by atoms with van der Waals surface area (Å²) in [6.07, 6.45) is -1.92. The largest absolute Gasteiger partial charge is 0.481 e. The Labute approximate surface area is 120 Å². The normalized spacial score (nSPS) is 23.7. The maximum atomic E-state index is 12.8. The Morgan fingerprint density at radius 2 is 2.10 bits per heavy atom. The van der Waals surface area contributed by atoms with Crippen molar-refractivity contribution < 1.29 is 27.9 Å². The highest BCUT2D eigenvalue weighted by Gasteiger charge is 2.53. The number of hydrogen-bond acceptors (Lipinski definition) is 2. The number of carboxylic acid groups (broad SMARTS) is 1. The van der Waals surface area contributed by atoms with Crippen LogP contribution in [0.25, 0.3) is 0 Å². The van der Waals surface area contributed by atoms with Crippen molar-refractivity contribution in [2.24, 2.45) is 11.8 Å². The number of rotatable bonds is 5. The fourth-order valence-corrected chi connectivity index (χ4v) is 2.35. The summed E-state index contributed by atoms with van der Waals surface area (Å²) < 4.78 is 38.5. The zero-order valence-corrected chi connectivity index (χ0v) is 11.7. The molecule has 0 bridgehead atoms. The molecule has 1 heterocycles. The molecule has 1 rings (SSSR count). The van der Waals surface area contributed by atoms with Gasteiger partial charge in [-0.2, -0.15) is 13.2 Å². The highest BCUT2D eigenvalue weighted by Crippen LogP contribution is 2.37. The summed E-state index contributed by atoms with van der Waals surface area (Å²) in [6, 6.07) is -0.884. The van der Waals surface area contributed by atoms with E-state index in [-0.39, 0.29) is 6.04 Å². The van der Waals surface area contributed by atoms with Crippen LogP contribution in [0.4, 0.5) is 18.0 Å². The summed E-state index contributed by atoms with van der Waals surface area (Å²) in [5, 5.41) is 11.5. The van der Waals surface area contributed by atoms with Crippen molar-refractivity contribution >= 4 is 12.0 Å². The Morgan fingerprint density at radius 3 is 2.48 bits per heavy atom. The molecule has 21 heavy (non-hydrogen) atoms. The predicted molar refractivity (Wildman–Crippen MR) is 69.7 cm³/mol. The second kappa shape index (κ2) is 6.82. The molecule has 120 valence electrons. The summed E-state index contributed by atoms with van der Waals surface area (Å²) in [5.41, 5.74) is 0. The number of likely N-dealkylation sites (tertiary alicyclic amines) is 1. The number of amides is 2. The smallest absolute Gasteiger partial charge is 0.394 e. The van der Waals surface area contributed by atoms with Crippen LogP contribution in [-0.4, -0.2) is 47.3 Å². The van der Waals surface area contributed by atoms with Gasteiger partial charge in [-0.05, 0) is 12.8 Å². The first-order valence-corrected chi connectivity index (χ1v) is 6.66. The van der Waals surface area contributed by atoms with Gasteiger partial charge in [-0.25, -0.2) is 4.79 Å². The number of hydrogen-bond donors (Lipinski definition) is 2. The van der Waals surface area contributed by atoms with Gasteiger partial charge in [0.25, 0.3) is 0 Å². The van der Waals surface area contributed by atoms with Crippen LogP contribution in [0, 0.1) is 11.8 Å². The molecule has 0 spiro atoms. The Bertz CT molecular complexity index is 412. The maximum Gasteiger partial charge on any atom is 0.394 e. The summed E-state index contributed by atoms with van der Waals surface area (Å²) >= 11 is 0. The van der Waals surface area contributed by atoms with Gasteiger partial charge < -0.3 is 15.3 Å². The Balaban J connectivity index is 2.75. The molecule has 0 saturated carbocycles. The van der Waals surface area contributed by atoms with Gasteiger partial charge in [0.2, 0.25) is 0 Å². The number of carbonyl (C=O) groups excluding carboxylic acids is 1. The minimum atomic E-state index is -4.64. The van der Waals surface area contributed by atoms with E-state index < -0.39 is 43.1 Å². The van der Waals surface area contributed by atoms with Gasteiger partial charge in [0, 0.05) is 19.1 Å². The van der Waals surface area contributed by atoms with Crippen LogP contribution in [0.3, 0.4) is 0 Å². The Hall–Kier alpha value is -1.73. The SMILES string of the molecule is C=CCC(CC)NC(=O)N1C[C@@H](C(F)(F)F)[C@H](C(=O)O)C1. The molecule has 1 fully saturated rings. The van der Waals surface area contributed by atoms with E-state index in [1.807, 2.05) is 6.92 Å². The van der Waals surface area contributed by atoms with Crippen LogP contribution in [0.1, 0.15) is 19.8 Å². The van der Waals surface area contributed by atoms with Gasteiger partial charge in [-0.1, -0.05) is 13.0 Å². The van der Waals surface area contributed by atoms with Crippen LogP contribution in [-0.2, 0) is 4.79 Å². The zero-order chi connectivity index (χ0) is 16.2. The van der Waals surface area contributed by atoms with Crippen molar-refractivity contribution in [3.8, 4) is 0 Å². The van der Waals surface area contributed by atoms with Gasteiger partial charge in [0.15, 0.2) is 0 Å². The molecule has 3 atom stereocenters. The van der Waals surface area contributed by atoms with Crippen molar-refractivity contribution in [1.29, 1.82) is 0 Å². The molecule has 1 aliphatic heterocycles. The van der Waals surface area contributed by atoms with E-state index in [9.17, 15) is 22.8 Å². The number of carbonyl (C=O) groups is 2. The molecular weight excluding hydrogens is 289 g/mol. The number of carboxylic acids is 1. The standard InChI is InChI=1S/C13H19F3N2O3/c1-3-5-8(4-2)17-12(21)18-6-9(11(19)20)10(7-18)13(14,15)16/h3,8-10H,1,4-7H2,2H3,(H,17,21)(H,19,20)/t8?,9-,10-/m1/s1. The third-order valence-corrected chi connectivity index (χ3v) is 3.62. The molecule has 0 aromatic heterocycles. The van der Waals surface area contributed by atoms with E-state index in [4.69, 9.17) is 5.11 Å². The van der Waals surface area contributed by atoms with Gasteiger partial charge in [-0.3, -0.25) is 4.79 Å². The van der Waals surface area contributed by atoms with E-state index >= 15 is 0 Å². The minimum Gasteiger partial charge on any atom is -0.481 e. The van der Waals surface area contributed by atoms with E-state index in [1.54, 1.807) is 6.08 Å². The maximum absolute atomic E-state index is 12.8. The molecule has 2 N–H and O–H groups in total. The number of urea groups is 1. The molecule has 1 unspecified atom stereocenters. The van der Waals surface area contributed by atoms with Gasteiger partial charge >= 0.3 is 18.2 Å². The topological polar surface area (TPSA) is 69.6 Å². The van der Waals surface area contributed by atoms with Crippen molar-refractivity contribution in [1.82, 2.24) is 10.2 Å². The van der Waals surface area contributed by atoms with E-state index in [0.717, 1.165) is 4.90 Å². The molecule has 0 aliphatic carbocycles. The third-order valence-electron chi connectivity index (χ3n) is 3.62. The predicted octanol–water partition coefficient (Wildman–Crippen LogP) is 2.25. The number of nitrogens with one attached hydrogen (secondary N) is 1. The lowest BCUT2D eigenvalue weighted by Gasteiger charge is -2.22. The molecule has 5 nitrogen and oxygen atoms in total. The molecule has 1 saturated heterocycles. The van der Waals surface area contributed by atoms with Crippen molar-refractivity contribution in [3.63, 3.8) is 0 Å². The Kier molecular flexibility index (Phi) is 5.62. The number of halogens is 3. The minimum absolute atomic E-state index is 0.219. The molecule has 0 aromatic carbocycles. The zero-order valence-electron chi connectivity index (χ0n) is 11.7. The summed E-state index contributed by atoms with van der Waals surface area (Å²) in [4.78, 5) is 23.8. The van der Waals surface area contributed by atoms with Crippen molar-refractivity contribution in [2.45, 2.75) is 32.0 Å². The highest BCUT2D eigenvalue weighted by molar-refractivity contribution is 5.78. The fourth-order valence-electron chi connectivity index (χ4n) is 2.35.